The van der Waals surface area contributed by atoms with Crippen LogP contribution < -0.4 is 10.2 Å². The van der Waals surface area contributed by atoms with Crippen LogP contribution in [0.5, 0.6) is 0 Å². The van der Waals surface area contributed by atoms with Crippen LogP contribution in [0, 0.1) is 29.0 Å². The molecular formula is C33H34F2N8O5. The van der Waals surface area contributed by atoms with E-state index in [-0.39, 0.29) is 50.0 Å². The van der Waals surface area contributed by atoms with Gasteiger partial charge in [0.1, 0.15) is 29.1 Å². The van der Waals surface area contributed by atoms with Crippen LogP contribution in [0.4, 0.5) is 19.3 Å². The van der Waals surface area contributed by atoms with Crippen LogP contribution in [0.3, 0.4) is 0 Å². The smallest absolute Gasteiger partial charge is 0.414 e. The molecule has 5 heterocycles. The quantitative estimate of drug-likeness (QED) is 0.284. The van der Waals surface area contributed by atoms with Gasteiger partial charge in [-0.1, -0.05) is 11.3 Å². The normalized spacial score (nSPS) is 29.4. The molecule has 1 aliphatic carbocycles. The number of hydrogen-bond acceptors (Lipinski definition) is 10. The number of alkyl halides is 1. The van der Waals surface area contributed by atoms with Gasteiger partial charge in [0.15, 0.2) is 5.54 Å². The standard InChI is InChI=1S/C33H34F2N8O5/c1-31(2,3)48-29(45)33(11-18(34)12-38-33)28(44)42-15-24-25(16-42)32(24,17-36)27-23(5-4-8-37-27)22-7-6-20(10-26(22)35)43-14-21(47-30(43)46)9-19-13-39-41-40-19/h4-8,10,13,18,21,24-25,38H,9,11-12,14-16H2,1-3H3,(H,39,40,41)/t18-,21+,24?,25?,32?,33-/m0/s1. The third-order valence-corrected chi connectivity index (χ3v) is 9.66. The van der Waals surface area contributed by atoms with Crippen LogP contribution in [-0.2, 0) is 30.9 Å². The number of nitriles is 1. The summed E-state index contributed by atoms with van der Waals surface area (Å²) in [5, 5.41) is 23.5. The number of aromatic nitrogens is 4. The first kappa shape index (κ1) is 31.6. The van der Waals surface area contributed by atoms with Gasteiger partial charge in [0.2, 0.25) is 0 Å². The number of nitrogens with one attached hydrogen (secondary N) is 2. The lowest BCUT2D eigenvalue weighted by molar-refractivity contribution is -0.168. The number of ether oxygens (including phenoxy) is 2. The zero-order chi connectivity index (χ0) is 34.0. The van der Waals surface area contributed by atoms with Crippen molar-refractivity contribution in [1.29, 1.82) is 5.26 Å². The molecule has 2 aromatic heterocycles. The van der Waals surface area contributed by atoms with Crippen LogP contribution in [-0.4, -0.2) is 92.9 Å². The van der Waals surface area contributed by atoms with Crippen LogP contribution in [0.2, 0.25) is 0 Å². The average molecular weight is 661 g/mol. The maximum absolute atomic E-state index is 15.9. The summed E-state index contributed by atoms with van der Waals surface area (Å²) in [6.07, 6.45) is 0.661. The summed E-state index contributed by atoms with van der Waals surface area (Å²) in [6.45, 7) is 5.37. The van der Waals surface area contributed by atoms with E-state index in [9.17, 15) is 24.0 Å². The first-order valence-corrected chi connectivity index (χ1v) is 15.8. The second-order valence-electron chi connectivity index (χ2n) is 13.9. The molecule has 3 saturated heterocycles. The number of rotatable bonds is 7. The van der Waals surface area contributed by atoms with E-state index < -0.39 is 52.6 Å². The number of carbonyl (C=O) groups excluding carboxylic acids is 3. The van der Waals surface area contributed by atoms with Gasteiger partial charge in [0.05, 0.1) is 35.9 Å². The number of fused-ring (bicyclic) bond motifs is 1. The minimum atomic E-state index is -1.85. The van der Waals surface area contributed by atoms with Crippen molar-refractivity contribution in [1.82, 2.24) is 30.6 Å². The fourth-order valence-corrected chi connectivity index (χ4v) is 7.41. The van der Waals surface area contributed by atoms with E-state index in [4.69, 9.17) is 9.47 Å². The third-order valence-electron chi connectivity index (χ3n) is 9.66. The van der Waals surface area contributed by atoms with E-state index in [2.05, 4.69) is 31.8 Å². The number of anilines is 1. The molecule has 0 radical (unpaired) electrons. The monoisotopic (exact) mass is 660 g/mol. The zero-order valence-electron chi connectivity index (χ0n) is 26.6. The van der Waals surface area contributed by atoms with E-state index in [0.29, 0.717) is 29.1 Å². The maximum Gasteiger partial charge on any atom is 0.414 e. The number of amides is 2. The van der Waals surface area contributed by atoms with E-state index in [1.807, 2.05) is 0 Å². The number of piperidine rings is 1. The van der Waals surface area contributed by atoms with Crippen molar-refractivity contribution in [3.63, 3.8) is 0 Å². The van der Waals surface area contributed by atoms with Crippen molar-refractivity contribution in [2.24, 2.45) is 11.8 Å². The van der Waals surface area contributed by atoms with Crippen LogP contribution in [0.1, 0.15) is 38.6 Å². The predicted octanol–water partition coefficient (Wildman–Crippen LogP) is 2.84. The number of nitrogens with zero attached hydrogens (tertiary/aromatic N) is 6. The highest BCUT2D eigenvalue weighted by molar-refractivity contribution is 6.08. The Bertz CT molecular complexity index is 1810. The largest absolute Gasteiger partial charge is 0.458 e. The lowest BCUT2D eigenvalue weighted by atomic mass is 9.88. The Kier molecular flexibility index (Phi) is 7.46. The Morgan fingerprint density at radius 1 is 1.19 bits per heavy atom. The second kappa shape index (κ2) is 11.3. The lowest BCUT2D eigenvalue weighted by Crippen LogP contribution is -2.61. The average Bonchev–Trinajstić information content (AvgIpc) is 3.68. The SMILES string of the molecule is CC(C)(C)OC(=O)[C@@]1(C(=O)N2CC3C(C2)C3(C#N)c2ncccc2-c2ccc(N3C[C@@H](Cc4cnn[nH]4)OC3=O)cc2F)C[C@H](F)CN1. The second-order valence-corrected chi connectivity index (χ2v) is 13.9. The molecule has 1 saturated carbocycles. The Morgan fingerprint density at radius 3 is 2.58 bits per heavy atom. The Balaban J connectivity index is 1.10. The Morgan fingerprint density at radius 2 is 1.96 bits per heavy atom. The number of benzene rings is 1. The van der Waals surface area contributed by atoms with Gasteiger partial charge in [-0.15, -0.1) is 5.10 Å². The fraction of sp³-hybridized carbons (Fsp3) is 0.485. The molecule has 7 rings (SSSR count). The van der Waals surface area contributed by atoms with Crippen LogP contribution in [0.15, 0.2) is 42.7 Å². The molecule has 2 unspecified atom stereocenters. The van der Waals surface area contributed by atoms with Gasteiger partial charge >= 0.3 is 12.1 Å². The van der Waals surface area contributed by atoms with Crippen LogP contribution in [0.25, 0.3) is 11.1 Å². The van der Waals surface area contributed by atoms with Gasteiger partial charge in [-0.05, 0) is 45.0 Å². The molecule has 1 aromatic carbocycles. The van der Waals surface area contributed by atoms with Crippen molar-refractivity contribution in [3.8, 4) is 17.2 Å². The molecule has 48 heavy (non-hydrogen) atoms. The topological polar surface area (TPSA) is 166 Å². The van der Waals surface area contributed by atoms with Gasteiger partial charge < -0.3 is 14.4 Å². The molecular weight excluding hydrogens is 626 g/mol. The number of H-pyrrole nitrogens is 1. The van der Waals surface area contributed by atoms with Crippen molar-refractivity contribution < 1.29 is 32.6 Å². The Hall–Kier alpha value is -4.97. The molecule has 0 spiro atoms. The zero-order valence-corrected chi connectivity index (χ0v) is 26.6. The highest BCUT2D eigenvalue weighted by Gasteiger charge is 2.73. The first-order valence-electron chi connectivity index (χ1n) is 15.8. The number of esters is 1. The number of hydrogen-bond donors (Lipinski definition) is 2. The molecule has 0 bridgehead atoms. The van der Waals surface area contributed by atoms with Gasteiger partial charge in [0, 0.05) is 61.6 Å². The molecule has 4 fully saturated rings. The van der Waals surface area contributed by atoms with Crippen LogP contribution >= 0.6 is 0 Å². The van der Waals surface area contributed by atoms with E-state index >= 15 is 4.39 Å². The molecule has 250 valence electrons. The number of carbonyl (C=O) groups is 3. The predicted molar refractivity (Wildman–Crippen MR) is 164 cm³/mol. The van der Waals surface area contributed by atoms with Gasteiger partial charge in [-0.25, -0.2) is 18.4 Å². The summed E-state index contributed by atoms with van der Waals surface area (Å²) < 4.78 is 41.3. The van der Waals surface area contributed by atoms with Crippen molar-refractivity contribution in [2.75, 3.05) is 31.1 Å². The number of likely N-dealkylation sites (tertiary alicyclic amines) is 1. The molecule has 13 nitrogen and oxygen atoms in total. The van der Waals surface area contributed by atoms with Crippen molar-refractivity contribution in [2.45, 2.75) is 62.4 Å². The summed E-state index contributed by atoms with van der Waals surface area (Å²) in [5.74, 6) is -2.68. The highest BCUT2D eigenvalue weighted by atomic mass is 19.1. The van der Waals surface area contributed by atoms with Gasteiger partial charge in [0.25, 0.3) is 5.91 Å². The summed E-state index contributed by atoms with van der Waals surface area (Å²) in [6, 6.07) is 10.2. The van der Waals surface area contributed by atoms with Gasteiger partial charge in [-0.2, -0.15) is 5.26 Å². The number of halogens is 2. The minimum Gasteiger partial charge on any atom is -0.458 e. The summed E-state index contributed by atoms with van der Waals surface area (Å²) in [7, 11) is 0. The lowest BCUT2D eigenvalue weighted by Gasteiger charge is -2.34. The maximum atomic E-state index is 15.9. The summed E-state index contributed by atoms with van der Waals surface area (Å²) >= 11 is 0. The van der Waals surface area contributed by atoms with Crippen molar-refractivity contribution in [3.05, 3.63) is 59.9 Å². The molecule has 15 heteroatoms. The first-order chi connectivity index (χ1) is 22.9. The van der Waals surface area contributed by atoms with Gasteiger partial charge in [-0.3, -0.25) is 25.1 Å². The third kappa shape index (κ3) is 5.15. The van der Waals surface area contributed by atoms with E-state index in [1.165, 1.54) is 22.1 Å². The summed E-state index contributed by atoms with van der Waals surface area (Å²) in [4.78, 5) is 47.1. The molecule has 2 N–H and O–H groups in total. The summed E-state index contributed by atoms with van der Waals surface area (Å²) in [5.41, 5.74) is -1.80. The number of pyridine rings is 1. The number of aromatic amines is 1. The minimum absolute atomic E-state index is 0.143. The number of cyclic esters (lactones) is 1. The molecule has 5 atom stereocenters. The molecule has 2 amide bonds. The molecule has 3 aromatic rings. The molecule has 4 aliphatic rings. The Labute approximate surface area is 274 Å². The molecule has 3 aliphatic heterocycles. The fourth-order valence-electron chi connectivity index (χ4n) is 7.41. The van der Waals surface area contributed by atoms with E-state index in [1.54, 1.807) is 51.2 Å². The van der Waals surface area contributed by atoms with Crippen molar-refractivity contribution >= 4 is 23.7 Å². The van der Waals surface area contributed by atoms with E-state index in [0.717, 1.165) is 0 Å². The highest BCUT2D eigenvalue weighted by Crippen LogP contribution is 2.64.